The number of esters is 1. The highest BCUT2D eigenvalue weighted by atomic mass is 32.2. The second-order valence-corrected chi connectivity index (χ2v) is 8.03. The van der Waals surface area contributed by atoms with Crippen LogP contribution < -0.4 is 9.04 Å². The van der Waals surface area contributed by atoms with Gasteiger partial charge < -0.3 is 9.47 Å². The van der Waals surface area contributed by atoms with E-state index in [0.29, 0.717) is 24.4 Å². The van der Waals surface area contributed by atoms with Crippen molar-refractivity contribution < 1.29 is 22.7 Å². The maximum atomic E-state index is 13.1. The monoisotopic (exact) mass is 367 g/mol. The van der Waals surface area contributed by atoms with Gasteiger partial charge in [0.15, 0.2) is 0 Å². The van der Waals surface area contributed by atoms with Gasteiger partial charge in [-0.2, -0.15) is 0 Å². The largest absolute Gasteiger partial charge is 0.497 e. The third-order valence-corrected chi connectivity index (χ3v) is 6.81. The number of rotatable bonds is 4. The zero-order valence-electron chi connectivity index (χ0n) is 13.3. The fourth-order valence-electron chi connectivity index (χ4n) is 2.78. The summed E-state index contributed by atoms with van der Waals surface area (Å²) in [5.74, 6) is 0.0503. The van der Waals surface area contributed by atoms with E-state index in [1.807, 2.05) is 6.07 Å². The van der Waals surface area contributed by atoms with Gasteiger partial charge >= 0.3 is 5.97 Å². The molecule has 1 aromatic heterocycles. The molecule has 8 heteroatoms. The summed E-state index contributed by atoms with van der Waals surface area (Å²) in [5, 5.41) is 1.58. The van der Waals surface area contributed by atoms with Gasteiger partial charge in [0.05, 0.1) is 19.9 Å². The molecule has 0 N–H and O–H groups in total. The average Bonchev–Trinajstić information content (AvgIpc) is 3.10. The van der Waals surface area contributed by atoms with Crippen LogP contribution >= 0.6 is 11.3 Å². The fraction of sp³-hybridized carbons (Fsp3) is 0.312. The first kappa shape index (κ1) is 16.8. The van der Waals surface area contributed by atoms with Crippen LogP contribution in [0.25, 0.3) is 0 Å². The predicted octanol–water partition coefficient (Wildman–Crippen LogP) is 2.68. The van der Waals surface area contributed by atoms with E-state index in [1.54, 1.807) is 24.6 Å². The van der Waals surface area contributed by atoms with Crippen molar-refractivity contribution in [2.75, 3.05) is 25.1 Å². The Bertz CT molecular complexity index is 872. The first-order chi connectivity index (χ1) is 11.5. The molecule has 0 saturated carbocycles. The SMILES string of the molecule is COC(=O)c1sccc1S(=O)(=O)N1CCCc2cc(OC)ccc21. The van der Waals surface area contributed by atoms with Crippen LogP contribution in [0.3, 0.4) is 0 Å². The maximum Gasteiger partial charge on any atom is 0.349 e. The van der Waals surface area contributed by atoms with Gasteiger partial charge in [-0.3, -0.25) is 4.31 Å². The Morgan fingerprint density at radius 2 is 2.04 bits per heavy atom. The number of fused-ring (bicyclic) bond motifs is 1. The number of carbonyl (C=O) groups excluding carboxylic acids is 1. The summed E-state index contributed by atoms with van der Waals surface area (Å²) in [4.78, 5) is 11.9. The second-order valence-electron chi connectivity index (χ2n) is 5.28. The molecule has 2 aromatic rings. The van der Waals surface area contributed by atoms with E-state index < -0.39 is 16.0 Å². The van der Waals surface area contributed by atoms with Crippen molar-refractivity contribution in [1.82, 2.24) is 0 Å². The van der Waals surface area contributed by atoms with Crippen LogP contribution in [0.1, 0.15) is 21.7 Å². The van der Waals surface area contributed by atoms with Crippen molar-refractivity contribution in [3.8, 4) is 5.75 Å². The second kappa shape index (κ2) is 6.45. The molecule has 6 nitrogen and oxygen atoms in total. The molecular weight excluding hydrogens is 350 g/mol. The molecule has 0 bridgehead atoms. The highest BCUT2D eigenvalue weighted by Crippen LogP contribution is 2.36. The topological polar surface area (TPSA) is 72.9 Å². The summed E-state index contributed by atoms with van der Waals surface area (Å²) < 4.78 is 37.5. The highest BCUT2D eigenvalue weighted by Gasteiger charge is 2.33. The van der Waals surface area contributed by atoms with Crippen molar-refractivity contribution in [3.05, 3.63) is 40.1 Å². The van der Waals surface area contributed by atoms with Gasteiger partial charge in [0, 0.05) is 6.54 Å². The van der Waals surface area contributed by atoms with E-state index in [9.17, 15) is 13.2 Å². The van der Waals surface area contributed by atoms with Crippen molar-refractivity contribution in [1.29, 1.82) is 0 Å². The van der Waals surface area contributed by atoms with E-state index in [1.165, 1.54) is 17.5 Å². The zero-order chi connectivity index (χ0) is 17.3. The van der Waals surface area contributed by atoms with Gasteiger partial charge in [-0.05, 0) is 48.1 Å². The Morgan fingerprint density at radius 3 is 2.75 bits per heavy atom. The molecule has 3 rings (SSSR count). The summed E-state index contributed by atoms with van der Waals surface area (Å²) in [6.45, 7) is 0.373. The van der Waals surface area contributed by atoms with Crippen LogP contribution in [0, 0.1) is 0 Å². The van der Waals surface area contributed by atoms with Crippen molar-refractivity contribution in [2.45, 2.75) is 17.7 Å². The molecule has 0 aliphatic carbocycles. The van der Waals surface area contributed by atoms with Crippen molar-refractivity contribution in [3.63, 3.8) is 0 Å². The first-order valence-corrected chi connectivity index (χ1v) is 9.66. The third kappa shape index (κ3) is 2.76. The first-order valence-electron chi connectivity index (χ1n) is 7.34. The minimum atomic E-state index is -3.84. The molecule has 1 aliphatic rings. The molecule has 0 unspecified atom stereocenters. The minimum absolute atomic E-state index is 0.0111. The maximum absolute atomic E-state index is 13.1. The highest BCUT2D eigenvalue weighted by molar-refractivity contribution is 7.93. The van der Waals surface area contributed by atoms with Gasteiger partial charge in [0.25, 0.3) is 10.0 Å². The van der Waals surface area contributed by atoms with Gasteiger partial charge in [0.2, 0.25) is 0 Å². The number of hydrogen-bond donors (Lipinski definition) is 0. The van der Waals surface area contributed by atoms with E-state index in [0.717, 1.165) is 23.3 Å². The summed E-state index contributed by atoms with van der Waals surface area (Å²) in [6.07, 6.45) is 1.49. The number of nitrogens with zero attached hydrogens (tertiary/aromatic N) is 1. The normalized spacial score (nSPS) is 14.2. The van der Waals surface area contributed by atoms with Crippen LogP contribution in [0.2, 0.25) is 0 Å². The van der Waals surface area contributed by atoms with Crippen LogP contribution in [0.4, 0.5) is 5.69 Å². The molecule has 0 amide bonds. The zero-order valence-corrected chi connectivity index (χ0v) is 14.9. The molecule has 2 heterocycles. The quantitative estimate of drug-likeness (QED) is 0.777. The van der Waals surface area contributed by atoms with Gasteiger partial charge in [-0.15, -0.1) is 11.3 Å². The summed E-state index contributed by atoms with van der Waals surface area (Å²) in [6, 6.07) is 6.78. The van der Waals surface area contributed by atoms with Crippen LogP contribution in [0.5, 0.6) is 5.75 Å². The minimum Gasteiger partial charge on any atom is -0.497 e. The van der Waals surface area contributed by atoms with Crippen molar-refractivity contribution in [2.24, 2.45) is 0 Å². The molecule has 1 aliphatic heterocycles. The number of sulfonamides is 1. The molecular formula is C16H17NO5S2. The molecule has 0 saturated heterocycles. The number of thiophene rings is 1. The molecule has 0 radical (unpaired) electrons. The third-order valence-electron chi connectivity index (χ3n) is 3.93. The number of carbonyl (C=O) groups is 1. The number of benzene rings is 1. The van der Waals surface area contributed by atoms with Gasteiger partial charge in [0.1, 0.15) is 15.5 Å². The van der Waals surface area contributed by atoms with E-state index in [2.05, 4.69) is 4.74 Å². The molecule has 0 fully saturated rings. The summed E-state index contributed by atoms with van der Waals surface area (Å²) in [5.41, 5.74) is 1.54. The summed E-state index contributed by atoms with van der Waals surface area (Å²) >= 11 is 1.06. The summed E-state index contributed by atoms with van der Waals surface area (Å²) in [7, 11) is -1.02. The van der Waals surface area contributed by atoms with E-state index in [-0.39, 0.29) is 9.77 Å². The smallest absolute Gasteiger partial charge is 0.349 e. The molecule has 1 aromatic carbocycles. The molecule has 128 valence electrons. The lowest BCUT2D eigenvalue weighted by molar-refractivity contribution is 0.0602. The fourth-order valence-corrected chi connectivity index (χ4v) is 5.63. The lowest BCUT2D eigenvalue weighted by Crippen LogP contribution is -2.36. The Balaban J connectivity index is 2.07. The molecule has 0 spiro atoms. The molecule has 0 atom stereocenters. The number of aryl methyl sites for hydroxylation is 1. The predicted molar refractivity (Wildman–Crippen MR) is 91.5 cm³/mol. The average molecular weight is 367 g/mol. The van der Waals surface area contributed by atoms with E-state index in [4.69, 9.17) is 4.74 Å². The van der Waals surface area contributed by atoms with Crippen molar-refractivity contribution >= 4 is 33.0 Å². The van der Waals surface area contributed by atoms with Crippen LogP contribution in [-0.2, 0) is 21.2 Å². The van der Waals surface area contributed by atoms with Crippen LogP contribution in [-0.4, -0.2) is 35.2 Å². The number of methoxy groups -OCH3 is 2. The Morgan fingerprint density at radius 1 is 1.25 bits per heavy atom. The Kier molecular flexibility index (Phi) is 4.51. The van der Waals surface area contributed by atoms with E-state index >= 15 is 0 Å². The lowest BCUT2D eigenvalue weighted by atomic mass is 10.0. The number of ether oxygens (including phenoxy) is 2. The van der Waals surface area contributed by atoms with Crippen LogP contribution in [0.15, 0.2) is 34.5 Å². The lowest BCUT2D eigenvalue weighted by Gasteiger charge is -2.30. The number of anilines is 1. The Hall–Kier alpha value is -2.06. The van der Waals surface area contributed by atoms with Gasteiger partial charge in [-0.1, -0.05) is 0 Å². The Labute approximate surface area is 144 Å². The standard InChI is InChI=1S/C16H17NO5S2/c1-21-12-5-6-13-11(10-12)4-3-8-17(13)24(19,20)14-7-9-23-15(14)16(18)22-2/h5-7,9-10H,3-4,8H2,1-2H3. The molecule has 24 heavy (non-hydrogen) atoms. The van der Waals surface area contributed by atoms with Gasteiger partial charge in [-0.25, -0.2) is 13.2 Å². The number of hydrogen-bond acceptors (Lipinski definition) is 6.